The molecule has 3 N–H and O–H groups in total. The Labute approximate surface area is 89.6 Å². The Balaban J connectivity index is 1.71. The molecular weight excluding hydrogens is 192 g/mol. The van der Waals surface area contributed by atoms with E-state index < -0.39 is 0 Å². The molecule has 0 radical (unpaired) electrons. The van der Waals surface area contributed by atoms with E-state index in [4.69, 9.17) is 5.73 Å². The maximum Gasteiger partial charge on any atom is 0.223 e. The molecule has 0 spiro atoms. The van der Waals surface area contributed by atoms with E-state index in [9.17, 15) is 9.59 Å². The van der Waals surface area contributed by atoms with Crippen molar-refractivity contribution < 1.29 is 9.59 Å². The van der Waals surface area contributed by atoms with Crippen LogP contribution >= 0.6 is 0 Å². The van der Waals surface area contributed by atoms with Gasteiger partial charge in [-0.25, -0.2) is 0 Å². The highest BCUT2D eigenvalue weighted by Crippen LogP contribution is 2.55. The van der Waals surface area contributed by atoms with Crippen molar-refractivity contribution in [2.24, 2.45) is 23.5 Å². The fourth-order valence-electron chi connectivity index (χ4n) is 2.81. The molecule has 4 heteroatoms. The number of carbonyl (C=O) groups is 2. The summed E-state index contributed by atoms with van der Waals surface area (Å²) in [4.78, 5) is 22.2. The van der Waals surface area contributed by atoms with Crippen LogP contribution in [0, 0.1) is 17.8 Å². The number of hydrogen-bond donors (Lipinski definition) is 2. The number of amides is 2. The third kappa shape index (κ3) is 2.30. The van der Waals surface area contributed by atoms with E-state index in [1.807, 2.05) is 0 Å². The zero-order valence-electron chi connectivity index (χ0n) is 8.87. The van der Waals surface area contributed by atoms with Crippen molar-refractivity contribution in [1.82, 2.24) is 5.32 Å². The van der Waals surface area contributed by atoms with Crippen molar-refractivity contribution in [3.63, 3.8) is 0 Å². The molecule has 2 atom stereocenters. The monoisotopic (exact) mass is 210 g/mol. The van der Waals surface area contributed by atoms with Crippen LogP contribution in [-0.2, 0) is 9.59 Å². The number of rotatable bonds is 4. The summed E-state index contributed by atoms with van der Waals surface area (Å²) < 4.78 is 0. The summed E-state index contributed by atoms with van der Waals surface area (Å²) in [5.41, 5.74) is 5.00. The van der Waals surface area contributed by atoms with Crippen LogP contribution in [0.15, 0.2) is 0 Å². The second kappa shape index (κ2) is 4.21. The number of nitrogens with one attached hydrogen (secondary N) is 1. The molecule has 84 valence electrons. The third-order valence-corrected chi connectivity index (χ3v) is 3.63. The highest BCUT2D eigenvalue weighted by Gasteiger charge is 2.54. The molecule has 2 rings (SSSR count). The topological polar surface area (TPSA) is 72.2 Å². The normalized spacial score (nSPS) is 32.9. The Morgan fingerprint density at radius 1 is 1.20 bits per heavy atom. The lowest BCUT2D eigenvalue weighted by atomic mass is 10.0. The molecule has 0 aromatic rings. The highest BCUT2D eigenvalue weighted by molar-refractivity contribution is 5.83. The van der Waals surface area contributed by atoms with Gasteiger partial charge in [-0.3, -0.25) is 9.59 Å². The molecule has 15 heavy (non-hydrogen) atoms. The molecule has 0 aliphatic heterocycles. The van der Waals surface area contributed by atoms with E-state index in [1.54, 1.807) is 0 Å². The first-order valence-corrected chi connectivity index (χ1v) is 5.76. The molecular formula is C11H18N2O2. The Morgan fingerprint density at radius 3 is 2.33 bits per heavy atom. The van der Waals surface area contributed by atoms with E-state index in [0.717, 1.165) is 0 Å². The van der Waals surface area contributed by atoms with Gasteiger partial charge in [0, 0.05) is 18.9 Å². The van der Waals surface area contributed by atoms with Crippen molar-refractivity contribution in [3.8, 4) is 0 Å². The van der Waals surface area contributed by atoms with Gasteiger partial charge in [-0.1, -0.05) is 12.8 Å². The van der Waals surface area contributed by atoms with Crippen LogP contribution in [-0.4, -0.2) is 18.4 Å². The van der Waals surface area contributed by atoms with Crippen LogP contribution in [0.2, 0.25) is 0 Å². The molecule has 0 bridgehead atoms. The number of hydrogen-bond acceptors (Lipinski definition) is 2. The third-order valence-electron chi connectivity index (χ3n) is 3.63. The molecule has 0 saturated heterocycles. The lowest BCUT2D eigenvalue weighted by Gasteiger charge is -2.04. The van der Waals surface area contributed by atoms with Crippen LogP contribution in [0.25, 0.3) is 0 Å². The molecule has 2 aliphatic rings. The standard InChI is InChI=1S/C11H18N2O2/c12-9(14)5-6-13-11(15)10-7-3-1-2-4-8(7)10/h7-8,10H,1-6H2,(H2,12,14)(H,13,15). The molecule has 2 amide bonds. The summed E-state index contributed by atoms with van der Waals surface area (Å²) >= 11 is 0. The van der Waals surface area contributed by atoms with E-state index in [-0.39, 0.29) is 24.2 Å². The van der Waals surface area contributed by atoms with Crippen LogP contribution < -0.4 is 11.1 Å². The molecule has 2 fully saturated rings. The SMILES string of the molecule is NC(=O)CCNC(=O)C1C2CCCCC21. The molecule has 2 unspecified atom stereocenters. The molecule has 4 nitrogen and oxygen atoms in total. The largest absolute Gasteiger partial charge is 0.370 e. The lowest BCUT2D eigenvalue weighted by molar-refractivity contribution is -0.123. The Kier molecular flexibility index (Phi) is 2.93. The van der Waals surface area contributed by atoms with Gasteiger partial charge in [-0.05, 0) is 24.7 Å². The predicted molar refractivity (Wildman–Crippen MR) is 55.8 cm³/mol. The van der Waals surface area contributed by atoms with Crippen LogP contribution in [0.1, 0.15) is 32.1 Å². The summed E-state index contributed by atoms with van der Waals surface area (Å²) in [6.45, 7) is 0.393. The molecule has 2 saturated carbocycles. The van der Waals surface area contributed by atoms with Crippen molar-refractivity contribution in [3.05, 3.63) is 0 Å². The first kappa shape index (κ1) is 10.5. The minimum absolute atomic E-state index is 0.133. The van der Waals surface area contributed by atoms with Gasteiger partial charge in [0.2, 0.25) is 11.8 Å². The lowest BCUT2D eigenvalue weighted by Crippen LogP contribution is -2.29. The summed E-state index contributed by atoms with van der Waals surface area (Å²) in [6.07, 6.45) is 5.20. The zero-order valence-corrected chi connectivity index (χ0v) is 8.87. The average Bonchev–Trinajstić information content (AvgIpc) is 2.90. The van der Waals surface area contributed by atoms with Crippen molar-refractivity contribution >= 4 is 11.8 Å². The fraction of sp³-hybridized carbons (Fsp3) is 0.818. The van der Waals surface area contributed by atoms with Gasteiger partial charge >= 0.3 is 0 Å². The van der Waals surface area contributed by atoms with Gasteiger partial charge in [-0.2, -0.15) is 0 Å². The predicted octanol–water partition coefficient (Wildman–Crippen LogP) is 0.414. The second-order valence-corrected chi connectivity index (χ2v) is 4.65. The van der Waals surface area contributed by atoms with Crippen LogP contribution in [0.3, 0.4) is 0 Å². The van der Waals surface area contributed by atoms with E-state index in [1.165, 1.54) is 25.7 Å². The van der Waals surface area contributed by atoms with Crippen molar-refractivity contribution in [1.29, 1.82) is 0 Å². The first-order valence-electron chi connectivity index (χ1n) is 5.76. The maximum atomic E-state index is 11.7. The minimum Gasteiger partial charge on any atom is -0.370 e. The van der Waals surface area contributed by atoms with Gasteiger partial charge < -0.3 is 11.1 Å². The summed E-state index contributed by atoms with van der Waals surface area (Å²) in [6, 6.07) is 0. The van der Waals surface area contributed by atoms with Crippen molar-refractivity contribution in [2.45, 2.75) is 32.1 Å². The van der Waals surface area contributed by atoms with Crippen LogP contribution in [0.5, 0.6) is 0 Å². The molecule has 2 aliphatic carbocycles. The zero-order chi connectivity index (χ0) is 10.8. The quantitative estimate of drug-likeness (QED) is 0.705. The van der Waals surface area contributed by atoms with Crippen LogP contribution in [0.4, 0.5) is 0 Å². The van der Waals surface area contributed by atoms with E-state index >= 15 is 0 Å². The maximum absolute atomic E-state index is 11.7. The smallest absolute Gasteiger partial charge is 0.223 e. The van der Waals surface area contributed by atoms with Gasteiger partial charge in [0.1, 0.15) is 0 Å². The number of carbonyl (C=O) groups excluding carboxylic acids is 2. The Hall–Kier alpha value is -1.06. The number of nitrogens with two attached hydrogens (primary N) is 1. The van der Waals surface area contributed by atoms with Gasteiger partial charge in [0.05, 0.1) is 0 Å². The van der Waals surface area contributed by atoms with Gasteiger partial charge in [0.15, 0.2) is 0 Å². The number of fused-ring (bicyclic) bond motifs is 1. The highest BCUT2D eigenvalue weighted by atomic mass is 16.2. The number of primary amides is 1. The average molecular weight is 210 g/mol. The van der Waals surface area contributed by atoms with Crippen molar-refractivity contribution in [2.75, 3.05) is 6.54 Å². The summed E-state index contributed by atoms with van der Waals surface area (Å²) in [7, 11) is 0. The molecule has 0 aromatic carbocycles. The van der Waals surface area contributed by atoms with Gasteiger partial charge in [0.25, 0.3) is 0 Å². The molecule has 0 heterocycles. The Morgan fingerprint density at radius 2 is 1.80 bits per heavy atom. The summed E-state index contributed by atoms with van der Waals surface area (Å²) in [5.74, 6) is 1.27. The van der Waals surface area contributed by atoms with E-state index in [0.29, 0.717) is 18.4 Å². The van der Waals surface area contributed by atoms with Gasteiger partial charge in [-0.15, -0.1) is 0 Å². The first-order chi connectivity index (χ1) is 7.20. The second-order valence-electron chi connectivity index (χ2n) is 4.65. The minimum atomic E-state index is -0.358. The van der Waals surface area contributed by atoms with E-state index in [2.05, 4.69) is 5.32 Å². The fourth-order valence-corrected chi connectivity index (χ4v) is 2.81. The summed E-state index contributed by atoms with van der Waals surface area (Å²) in [5, 5.41) is 2.79. The Bertz CT molecular complexity index is 266. The molecule has 0 aromatic heterocycles.